The number of urea groups is 1. The number of nitrogens with zero attached hydrogens (tertiary/aromatic N) is 5. The van der Waals surface area contributed by atoms with Gasteiger partial charge in [-0.2, -0.15) is 27.8 Å². The molecule has 2 N–H and O–H groups in total. The van der Waals surface area contributed by atoms with E-state index < -0.39 is 27.0 Å². The van der Waals surface area contributed by atoms with Gasteiger partial charge in [0, 0.05) is 5.69 Å². The van der Waals surface area contributed by atoms with E-state index in [1.165, 1.54) is 26.4 Å². The van der Waals surface area contributed by atoms with Crippen LogP contribution >= 0.6 is 0 Å². The van der Waals surface area contributed by atoms with Crippen molar-refractivity contribution in [2.24, 2.45) is 0 Å². The van der Waals surface area contributed by atoms with Crippen LogP contribution in [0.5, 0.6) is 11.8 Å². The van der Waals surface area contributed by atoms with Gasteiger partial charge in [-0.1, -0.05) is 13.0 Å². The summed E-state index contributed by atoms with van der Waals surface area (Å²) >= 11 is 0. The van der Waals surface area contributed by atoms with Crippen LogP contribution in [0, 0.1) is 0 Å². The summed E-state index contributed by atoms with van der Waals surface area (Å²) in [6.45, 7) is 3.38. The predicted molar refractivity (Wildman–Crippen MR) is 122 cm³/mol. The number of ether oxygens (including phenoxy) is 3. The maximum Gasteiger partial charge on any atom is 0.344 e. The number of hydrogen-bond acceptors (Lipinski definition) is 11. The number of carbonyl (C=O) groups is 2. The van der Waals surface area contributed by atoms with Crippen LogP contribution in [0.2, 0.25) is 0 Å². The SMILES string of the molecule is CCOC(=O)c1cn[nH]c1S(=O)(=O)N(C(=O)Nc1nc(OC)cc(OC)n1)c1cccc(CC)n1. The summed E-state index contributed by atoms with van der Waals surface area (Å²) in [5, 5.41) is 7.56. The highest BCUT2D eigenvalue weighted by molar-refractivity contribution is 7.93. The zero-order valence-electron chi connectivity index (χ0n) is 19.3. The molecule has 0 aliphatic carbocycles. The molecule has 3 aromatic heterocycles. The maximum absolute atomic E-state index is 13.7. The molecule has 186 valence electrons. The van der Waals surface area contributed by atoms with Crippen molar-refractivity contribution in [1.29, 1.82) is 0 Å². The molecule has 0 radical (unpaired) electrons. The fourth-order valence-corrected chi connectivity index (χ4v) is 4.22. The van der Waals surface area contributed by atoms with E-state index in [2.05, 4.69) is 30.5 Å². The van der Waals surface area contributed by atoms with Crippen LogP contribution < -0.4 is 19.1 Å². The summed E-state index contributed by atoms with van der Waals surface area (Å²) in [4.78, 5) is 37.9. The third-order valence-electron chi connectivity index (χ3n) is 4.46. The summed E-state index contributed by atoms with van der Waals surface area (Å²) in [7, 11) is -2.07. The standard InChI is InChI=1S/C20H23N7O7S/c1-5-12-8-7-9-14(22-12)27(20(29)25-19-23-15(32-3)10-16(24-19)33-4)35(30,31)17-13(11-21-26-17)18(28)34-6-2/h7-11H,5-6H2,1-4H3,(H,21,26)(H,23,24,25,29). The van der Waals surface area contributed by atoms with E-state index in [1.807, 2.05) is 6.92 Å². The summed E-state index contributed by atoms with van der Waals surface area (Å²) in [6.07, 6.45) is 1.46. The third kappa shape index (κ3) is 5.46. The topological polar surface area (TPSA) is 179 Å². The number of sulfonamides is 1. The quantitative estimate of drug-likeness (QED) is 0.405. The average molecular weight is 506 g/mol. The second kappa shape index (κ2) is 10.8. The third-order valence-corrected chi connectivity index (χ3v) is 6.12. The summed E-state index contributed by atoms with van der Waals surface area (Å²) in [6, 6.07) is 4.71. The number of pyridine rings is 1. The molecule has 0 fully saturated rings. The lowest BCUT2D eigenvalue weighted by atomic mass is 10.3. The van der Waals surface area contributed by atoms with Crippen molar-refractivity contribution in [2.75, 3.05) is 30.4 Å². The van der Waals surface area contributed by atoms with E-state index in [0.717, 1.165) is 6.20 Å². The Morgan fingerprint density at radius 2 is 1.77 bits per heavy atom. The lowest BCUT2D eigenvalue weighted by Gasteiger charge is -2.21. The van der Waals surface area contributed by atoms with E-state index in [4.69, 9.17) is 14.2 Å². The van der Waals surface area contributed by atoms with Gasteiger partial charge in [-0.05, 0) is 25.5 Å². The Morgan fingerprint density at radius 3 is 2.37 bits per heavy atom. The number of anilines is 2. The van der Waals surface area contributed by atoms with Crippen molar-refractivity contribution in [2.45, 2.75) is 25.3 Å². The van der Waals surface area contributed by atoms with Crippen molar-refractivity contribution in [1.82, 2.24) is 25.1 Å². The molecule has 3 aromatic rings. The van der Waals surface area contributed by atoms with Crippen molar-refractivity contribution < 1.29 is 32.2 Å². The molecule has 0 spiro atoms. The number of aromatic nitrogens is 5. The van der Waals surface area contributed by atoms with Crippen LogP contribution in [-0.2, 0) is 21.2 Å². The van der Waals surface area contributed by atoms with Gasteiger partial charge in [-0.15, -0.1) is 0 Å². The molecule has 35 heavy (non-hydrogen) atoms. The van der Waals surface area contributed by atoms with E-state index in [0.29, 0.717) is 16.4 Å². The Labute approximate surface area is 200 Å². The van der Waals surface area contributed by atoms with E-state index in [1.54, 1.807) is 19.1 Å². The number of rotatable bonds is 9. The van der Waals surface area contributed by atoms with Crippen molar-refractivity contribution in [3.8, 4) is 11.8 Å². The number of H-pyrrole nitrogens is 1. The molecule has 15 heteroatoms. The van der Waals surface area contributed by atoms with Crippen LogP contribution in [-0.4, -0.2) is 66.4 Å². The molecule has 0 bridgehead atoms. The number of aromatic amines is 1. The Balaban J connectivity index is 2.11. The molecule has 0 aliphatic heterocycles. The molecular formula is C20H23N7O7S. The molecule has 2 amide bonds. The Morgan fingerprint density at radius 1 is 1.09 bits per heavy atom. The van der Waals surface area contributed by atoms with Gasteiger partial charge >= 0.3 is 12.0 Å². The molecule has 0 unspecified atom stereocenters. The van der Waals surface area contributed by atoms with E-state index in [-0.39, 0.29) is 35.7 Å². The first kappa shape index (κ1) is 25.4. The van der Waals surface area contributed by atoms with Gasteiger partial charge in [-0.25, -0.2) is 14.6 Å². The summed E-state index contributed by atoms with van der Waals surface area (Å²) in [5.74, 6) is -1.35. The number of methoxy groups -OCH3 is 2. The Kier molecular flexibility index (Phi) is 7.80. The Hall–Kier alpha value is -4.27. The van der Waals surface area contributed by atoms with Crippen LogP contribution in [0.25, 0.3) is 0 Å². The smallest absolute Gasteiger partial charge is 0.344 e. The minimum absolute atomic E-state index is 0.00279. The molecular weight excluding hydrogens is 482 g/mol. The summed E-state index contributed by atoms with van der Waals surface area (Å²) in [5.41, 5.74) is 0.139. The molecule has 3 heterocycles. The van der Waals surface area contributed by atoms with Gasteiger partial charge in [-0.3, -0.25) is 10.4 Å². The van der Waals surface area contributed by atoms with Crippen LogP contribution in [0.15, 0.2) is 35.5 Å². The number of nitrogens with one attached hydrogen (secondary N) is 2. The van der Waals surface area contributed by atoms with Gasteiger partial charge in [0.15, 0.2) is 10.8 Å². The minimum atomic E-state index is -4.76. The summed E-state index contributed by atoms with van der Waals surface area (Å²) < 4.78 is 42.7. The van der Waals surface area contributed by atoms with Gasteiger partial charge in [0.25, 0.3) is 10.0 Å². The first-order valence-electron chi connectivity index (χ1n) is 10.2. The molecule has 0 saturated carbocycles. The average Bonchev–Trinajstić information content (AvgIpc) is 3.35. The Bertz CT molecular complexity index is 1300. The first-order valence-corrected chi connectivity index (χ1v) is 11.7. The van der Waals surface area contributed by atoms with E-state index >= 15 is 0 Å². The van der Waals surface area contributed by atoms with Crippen molar-refractivity contribution >= 4 is 33.8 Å². The molecule has 3 rings (SSSR count). The van der Waals surface area contributed by atoms with Crippen LogP contribution in [0.3, 0.4) is 0 Å². The van der Waals surface area contributed by atoms with Crippen molar-refractivity contribution in [3.05, 3.63) is 41.7 Å². The normalized spacial score (nSPS) is 11.0. The molecule has 0 atom stereocenters. The largest absolute Gasteiger partial charge is 0.481 e. The molecule has 0 saturated heterocycles. The van der Waals surface area contributed by atoms with Crippen LogP contribution in [0.4, 0.5) is 16.6 Å². The number of carbonyl (C=O) groups excluding carboxylic acids is 2. The zero-order valence-corrected chi connectivity index (χ0v) is 20.1. The predicted octanol–water partition coefficient (Wildman–Crippen LogP) is 1.78. The molecule has 14 nitrogen and oxygen atoms in total. The number of hydrogen-bond donors (Lipinski definition) is 2. The van der Waals surface area contributed by atoms with Crippen molar-refractivity contribution in [3.63, 3.8) is 0 Å². The molecule has 0 aliphatic rings. The van der Waals surface area contributed by atoms with Crippen LogP contribution in [0.1, 0.15) is 29.9 Å². The maximum atomic E-state index is 13.7. The zero-order chi connectivity index (χ0) is 25.6. The second-order valence-corrected chi connectivity index (χ2v) is 8.37. The first-order chi connectivity index (χ1) is 16.7. The van der Waals surface area contributed by atoms with Gasteiger partial charge in [0.05, 0.1) is 33.1 Å². The highest BCUT2D eigenvalue weighted by atomic mass is 32.2. The minimum Gasteiger partial charge on any atom is -0.481 e. The fourth-order valence-electron chi connectivity index (χ4n) is 2.85. The number of aryl methyl sites for hydroxylation is 1. The van der Waals surface area contributed by atoms with Gasteiger partial charge in [0.1, 0.15) is 5.56 Å². The molecule has 0 aromatic carbocycles. The number of esters is 1. The second-order valence-electron chi connectivity index (χ2n) is 6.65. The van der Waals surface area contributed by atoms with Gasteiger partial charge < -0.3 is 14.2 Å². The fraction of sp³-hybridized carbons (Fsp3) is 0.300. The van der Waals surface area contributed by atoms with E-state index in [9.17, 15) is 18.0 Å². The lowest BCUT2D eigenvalue weighted by Crippen LogP contribution is -2.41. The monoisotopic (exact) mass is 505 g/mol. The van der Waals surface area contributed by atoms with Gasteiger partial charge in [0.2, 0.25) is 17.7 Å². The highest BCUT2D eigenvalue weighted by Gasteiger charge is 2.37. The lowest BCUT2D eigenvalue weighted by molar-refractivity contribution is 0.0521. The number of amides is 2. The highest BCUT2D eigenvalue weighted by Crippen LogP contribution is 2.26.